The highest BCUT2D eigenvalue weighted by atomic mass is 32.2. The fraction of sp³-hybridized carbons (Fsp3) is 0.333. The molecule has 0 fully saturated rings. The van der Waals surface area contributed by atoms with E-state index in [1.807, 2.05) is 24.3 Å². The highest BCUT2D eigenvalue weighted by Crippen LogP contribution is 2.14. The van der Waals surface area contributed by atoms with Crippen molar-refractivity contribution >= 4 is 34.7 Å². The topological polar surface area (TPSA) is 57.8 Å². The van der Waals surface area contributed by atoms with Crippen molar-refractivity contribution < 1.29 is 4.79 Å². The molecule has 0 aliphatic rings. The number of fused-ring (bicyclic) bond motifs is 1. The fourth-order valence-corrected chi connectivity index (χ4v) is 1.98. The molecule has 0 saturated heterocycles. The van der Waals surface area contributed by atoms with Gasteiger partial charge in [0.05, 0.1) is 16.8 Å². The zero-order chi connectivity index (χ0) is 12.3. The van der Waals surface area contributed by atoms with Gasteiger partial charge in [-0.1, -0.05) is 26.0 Å². The number of para-hydroxylation sites is 2. The molecule has 0 saturated carbocycles. The van der Waals surface area contributed by atoms with Crippen molar-refractivity contribution in [1.29, 1.82) is 0 Å². The van der Waals surface area contributed by atoms with Crippen LogP contribution in [0.4, 0.5) is 5.95 Å². The number of H-pyrrole nitrogens is 1. The van der Waals surface area contributed by atoms with Gasteiger partial charge in [0.2, 0.25) is 11.9 Å². The number of benzene rings is 1. The van der Waals surface area contributed by atoms with Gasteiger partial charge in [-0.3, -0.25) is 10.1 Å². The van der Waals surface area contributed by atoms with Gasteiger partial charge in [0.1, 0.15) is 0 Å². The number of amides is 1. The van der Waals surface area contributed by atoms with Crippen LogP contribution >= 0.6 is 11.8 Å². The first kappa shape index (κ1) is 12.0. The Hall–Kier alpha value is -1.49. The van der Waals surface area contributed by atoms with E-state index in [2.05, 4.69) is 29.1 Å². The van der Waals surface area contributed by atoms with E-state index in [0.29, 0.717) is 17.0 Å². The summed E-state index contributed by atoms with van der Waals surface area (Å²) in [6.07, 6.45) is 0. The van der Waals surface area contributed by atoms with Gasteiger partial charge in [-0.05, 0) is 17.4 Å². The number of carbonyl (C=O) groups excluding carboxylic acids is 1. The molecule has 1 heterocycles. The molecule has 0 atom stereocenters. The van der Waals surface area contributed by atoms with Crippen LogP contribution in [0.3, 0.4) is 0 Å². The van der Waals surface area contributed by atoms with Crippen LogP contribution in [0.2, 0.25) is 0 Å². The number of rotatable bonds is 4. The van der Waals surface area contributed by atoms with Gasteiger partial charge < -0.3 is 4.98 Å². The Balaban J connectivity index is 2.01. The summed E-state index contributed by atoms with van der Waals surface area (Å²) in [6, 6.07) is 7.69. The first-order chi connectivity index (χ1) is 8.15. The van der Waals surface area contributed by atoms with Crippen LogP contribution in [0.5, 0.6) is 0 Å². The predicted molar refractivity (Wildman–Crippen MR) is 72.3 cm³/mol. The van der Waals surface area contributed by atoms with Crippen LogP contribution < -0.4 is 5.32 Å². The molecule has 1 amide bonds. The van der Waals surface area contributed by atoms with E-state index >= 15 is 0 Å². The Kier molecular flexibility index (Phi) is 3.68. The minimum Gasteiger partial charge on any atom is -0.324 e. The van der Waals surface area contributed by atoms with Gasteiger partial charge in [0.15, 0.2) is 0 Å². The van der Waals surface area contributed by atoms with E-state index in [-0.39, 0.29) is 5.91 Å². The quantitative estimate of drug-likeness (QED) is 0.875. The van der Waals surface area contributed by atoms with E-state index in [4.69, 9.17) is 0 Å². The molecule has 2 rings (SSSR count). The lowest BCUT2D eigenvalue weighted by molar-refractivity contribution is -0.113. The predicted octanol–water partition coefficient (Wildman–Crippen LogP) is 2.64. The zero-order valence-corrected chi connectivity index (χ0v) is 10.7. The zero-order valence-electron chi connectivity index (χ0n) is 9.86. The molecule has 0 bridgehead atoms. The monoisotopic (exact) mass is 249 g/mol. The van der Waals surface area contributed by atoms with Crippen LogP contribution in [0.1, 0.15) is 13.8 Å². The first-order valence-electron chi connectivity index (χ1n) is 5.51. The van der Waals surface area contributed by atoms with Gasteiger partial charge in [-0.15, -0.1) is 11.8 Å². The standard InChI is InChI=1S/C12H15N3OS/c1-8(2)17-7-11(16)15-12-13-9-5-3-4-6-10(9)14-12/h3-6,8H,7H2,1-2H3,(H2,13,14,15,16). The van der Waals surface area contributed by atoms with Crippen LogP contribution in [0.25, 0.3) is 11.0 Å². The van der Waals surface area contributed by atoms with Gasteiger partial charge in [0, 0.05) is 0 Å². The second-order valence-corrected chi connectivity index (χ2v) is 5.58. The molecule has 1 aromatic carbocycles. The number of nitrogens with zero attached hydrogens (tertiary/aromatic N) is 1. The third-order valence-electron chi connectivity index (χ3n) is 2.19. The summed E-state index contributed by atoms with van der Waals surface area (Å²) in [7, 11) is 0. The van der Waals surface area contributed by atoms with Crippen molar-refractivity contribution in [2.24, 2.45) is 0 Å². The van der Waals surface area contributed by atoms with E-state index in [1.165, 1.54) is 0 Å². The highest BCUT2D eigenvalue weighted by molar-refractivity contribution is 8.00. The molecule has 2 N–H and O–H groups in total. The number of imidazole rings is 1. The number of hydrogen-bond donors (Lipinski definition) is 2. The summed E-state index contributed by atoms with van der Waals surface area (Å²) in [4.78, 5) is 18.9. The first-order valence-corrected chi connectivity index (χ1v) is 6.56. The maximum Gasteiger partial charge on any atom is 0.236 e. The minimum absolute atomic E-state index is 0.0252. The molecule has 5 heteroatoms. The summed E-state index contributed by atoms with van der Waals surface area (Å²) in [5, 5.41) is 3.22. The molecular formula is C12H15N3OS. The lowest BCUT2D eigenvalue weighted by Crippen LogP contribution is -2.16. The number of nitrogens with one attached hydrogen (secondary N) is 2. The molecule has 17 heavy (non-hydrogen) atoms. The maximum absolute atomic E-state index is 11.6. The number of carbonyl (C=O) groups is 1. The molecule has 0 spiro atoms. The molecule has 1 aromatic heterocycles. The van der Waals surface area contributed by atoms with E-state index in [9.17, 15) is 4.79 Å². The molecule has 0 aliphatic carbocycles. The molecule has 90 valence electrons. The molecule has 0 radical (unpaired) electrons. The number of aromatic amines is 1. The minimum atomic E-state index is -0.0252. The molecule has 4 nitrogen and oxygen atoms in total. The summed E-state index contributed by atoms with van der Waals surface area (Å²) < 4.78 is 0. The number of anilines is 1. The third-order valence-corrected chi connectivity index (χ3v) is 3.29. The smallest absolute Gasteiger partial charge is 0.236 e. The highest BCUT2D eigenvalue weighted by Gasteiger charge is 2.07. The Bertz CT molecular complexity index is 488. The summed E-state index contributed by atoms with van der Waals surface area (Å²) in [5.41, 5.74) is 1.79. The molecule has 0 aliphatic heterocycles. The summed E-state index contributed by atoms with van der Waals surface area (Å²) >= 11 is 1.61. The maximum atomic E-state index is 11.6. The summed E-state index contributed by atoms with van der Waals surface area (Å²) in [5.74, 6) is 0.942. The second-order valence-electron chi connectivity index (χ2n) is 4.01. The Morgan fingerprint density at radius 3 is 2.94 bits per heavy atom. The number of hydrogen-bond acceptors (Lipinski definition) is 3. The molecule has 0 unspecified atom stereocenters. The van der Waals surface area contributed by atoms with E-state index in [0.717, 1.165) is 11.0 Å². The molecular weight excluding hydrogens is 234 g/mol. The number of thioether (sulfide) groups is 1. The van der Waals surface area contributed by atoms with Gasteiger partial charge in [0.25, 0.3) is 0 Å². The normalized spacial score (nSPS) is 11.0. The van der Waals surface area contributed by atoms with Gasteiger partial charge >= 0.3 is 0 Å². The summed E-state index contributed by atoms with van der Waals surface area (Å²) in [6.45, 7) is 4.14. The molecule has 2 aromatic rings. The van der Waals surface area contributed by atoms with Crippen molar-refractivity contribution in [2.75, 3.05) is 11.1 Å². The number of aromatic nitrogens is 2. The largest absolute Gasteiger partial charge is 0.324 e. The van der Waals surface area contributed by atoms with E-state index in [1.54, 1.807) is 11.8 Å². The average molecular weight is 249 g/mol. The fourth-order valence-electron chi connectivity index (χ4n) is 1.42. The van der Waals surface area contributed by atoms with Crippen molar-refractivity contribution in [1.82, 2.24) is 9.97 Å². The van der Waals surface area contributed by atoms with Crippen LogP contribution in [-0.4, -0.2) is 26.9 Å². The van der Waals surface area contributed by atoms with E-state index < -0.39 is 0 Å². The Labute approximate surface area is 104 Å². The van der Waals surface area contributed by atoms with Crippen LogP contribution in [0, 0.1) is 0 Å². The third kappa shape index (κ3) is 3.23. The van der Waals surface area contributed by atoms with Crippen LogP contribution in [0.15, 0.2) is 24.3 Å². The van der Waals surface area contributed by atoms with Crippen molar-refractivity contribution in [3.8, 4) is 0 Å². The van der Waals surface area contributed by atoms with Crippen molar-refractivity contribution in [3.05, 3.63) is 24.3 Å². The lowest BCUT2D eigenvalue weighted by Gasteiger charge is -2.03. The average Bonchev–Trinajstić information content (AvgIpc) is 2.68. The van der Waals surface area contributed by atoms with Crippen molar-refractivity contribution in [3.63, 3.8) is 0 Å². The van der Waals surface area contributed by atoms with Crippen LogP contribution in [-0.2, 0) is 4.79 Å². The Morgan fingerprint density at radius 2 is 2.24 bits per heavy atom. The van der Waals surface area contributed by atoms with Gasteiger partial charge in [-0.25, -0.2) is 4.98 Å². The van der Waals surface area contributed by atoms with Crippen molar-refractivity contribution in [2.45, 2.75) is 19.1 Å². The second kappa shape index (κ2) is 5.23. The van der Waals surface area contributed by atoms with Gasteiger partial charge in [-0.2, -0.15) is 0 Å². The Morgan fingerprint density at radius 1 is 1.47 bits per heavy atom. The lowest BCUT2D eigenvalue weighted by atomic mass is 10.3. The SMILES string of the molecule is CC(C)SCC(=O)Nc1nc2ccccc2[nH]1.